The van der Waals surface area contributed by atoms with Crippen LogP contribution in [0.25, 0.3) is 0 Å². The van der Waals surface area contributed by atoms with E-state index in [-0.39, 0.29) is 11.2 Å². The number of amides is 1. The van der Waals surface area contributed by atoms with Gasteiger partial charge in [-0.25, -0.2) is 4.68 Å². The monoisotopic (exact) mass is 365 g/mol. The highest BCUT2D eigenvalue weighted by atomic mass is 32.2. The minimum Gasteiger partial charge on any atom is -0.335 e. The normalized spacial score (nSPS) is 12.4. The van der Waals surface area contributed by atoms with Crippen LogP contribution in [0.2, 0.25) is 0 Å². The number of nitrogens with one attached hydrogen (secondary N) is 1. The highest BCUT2D eigenvalue weighted by molar-refractivity contribution is 8.00. The summed E-state index contributed by atoms with van der Waals surface area (Å²) in [4.78, 5) is 12.6. The zero-order valence-electron chi connectivity index (χ0n) is 14.5. The van der Waals surface area contributed by atoms with Crippen molar-refractivity contribution in [2.24, 2.45) is 0 Å². The minimum absolute atomic E-state index is 0.0788. The summed E-state index contributed by atoms with van der Waals surface area (Å²) in [5.41, 5.74) is 3.08. The van der Waals surface area contributed by atoms with Crippen molar-refractivity contribution in [2.75, 3.05) is 17.4 Å². The van der Waals surface area contributed by atoms with Gasteiger partial charge in [0.25, 0.3) is 0 Å². The first kappa shape index (κ1) is 18.7. The van der Waals surface area contributed by atoms with Gasteiger partial charge < -0.3 is 11.2 Å². The maximum absolute atomic E-state index is 12.6. The number of para-hydroxylation sites is 1. The molecule has 2 rings (SSSR count). The molecule has 24 heavy (non-hydrogen) atoms. The predicted octanol–water partition coefficient (Wildman–Crippen LogP) is 3.26. The van der Waals surface area contributed by atoms with Gasteiger partial charge >= 0.3 is 0 Å². The Hall–Kier alpha value is -1.67. The highest BCUT2D eigenvalue weighted by Gasteiger charge is 2.21. The molecular weight excluding hydrogens is 342 g/mol. The standard InChI is InChI=1S/C16H23N5OS2/c1-9(2)12-8-6-7-10(3)13(12)18-14(22)11(4)24-16-20-19-15(23-5)21(16)17/h6-9,11H,17H2,1-5H3,(H,18,22)/t11-/m0/s1. The second kappa shape index (κ2) is 7.94. The number of thioether (sulfide) groups is 2. The number of aryl methyl sites for hydroxylation is 1. The SMILES string of the molecule is CSc1nnc(S[C@@H](C)C(=O)Nc2c(C)cccc2C(C)C)n1N. The van der Waals surface area contributed by atoms with Crippen LogP contribution >= 0.6 is 23.5 Å². The van der Waals surface area contributed by atoms with Crippen LogP contribution in [-0.2, 0) is 4.79 Å². The largest absolute Gasteiger partial charge is 0.335 e. The minimum atomic E-state index is -0.342. The molecular formula is C16H23N5OS2. The number of nitrogen functional groups attached to an aromatic ring is 1. The van der Waals surface area contributed by atoms with E-state index >= 15 is 0 Å². The van der Waals surface area contributed by atoms with Crippen molar-refractivity contribution in [1.29, 1.82) is 0 Å². The summed E-state index contributed by atoms with van der Waals surface area (Å²) in [6.45, 7) is 8.06. The number of anilines is 1. The van der Waals surface area contributed by atoms with Gasteiger partial charge in [0.1, 0.15) is 0 Å². The maximum atomic E-state index is 12.6. The zero-order valence-corrected chi connectivity index (χ0v) is 16.2. The number of carbonyl (C=O) groups is 1. The van der Waals surface area contributed by atoms with Gasteiger partial charge in [0, 0.05) is 5.69 Å². The molecule has 6 nitrogen and oxygen atoms in total. The van der Waals surface area contributed by atoms with Gasteiger partial charge in [-0.3, -0.25) is 4.79 Å². The van der Waals surface area contributed by atoms with Gasteiger partial charge in [-0.2, -0.15) is 0 Å². The van der Waals surface area contributed by atoms with E-state index in [0.717, 1.165) is 16.8 Å². The quantitative estimate of drug-likeness (QED) is 0.604. The molecule has 3 N–H and O–H groups in total. The van der Waals surface area contributed by atoms with Crippen molar-refractivity contribution in [1.82, 2.24) is 14.9 Å². The third-order valence-corrected chi connectivity index (χ3v) is 5.34. The molecule has 1 heterocycles. The summed E-state index contributed by atoms with van der Waals surface area (Å²) in [5.74, 6) is 6.18. The fraction of sp³-hybridized carbons (Fsp3) is 0.438. The van der Waals surface area contributed by atoms with Crippen LogP contribution < -0.4 is 11.2 Å². The van der Waals surface area contributed by atoms with Crippen LogP contribution in [0, 0.1) is 6.92 Å². The van der Waals surface area contributed by atoms with Crippen LogP contribution in [0.4, 0.5) is 5.69 Å². The van der Waals surface area contributed by atoms with Gasteiger partial charge in [-0.05, 0) is 37.1 Å². The Morgan fingerprint density at radius 2 is 1.92 bits per heavy atom. The fourth-order valence-electron chi connectivity index (χ4n) is 2.26. The van der Waals surface area contributed by atoms with Gasteiger partial charge in [0.2, 0.25) is 16.2 Å². The van der Waals surface area contributed by atoms with E-state index in [1.807, 2.05) is 38.3 Å². The lowest BCUT2D eigenvalue weighted by molar-refractivity contribution is -0.115. The summed E-state index contributed by atoms with van der Waals surface area (Å²) in [6, 6.07) is 6.06. The van der Waals surface area contributed by atoms with Gasteiger partial charge in [0.05, 0.1) is 5.25 Å². The molecule has 2 aromatic rings. The van der Waals surface area contributed by atoms with Crippen molar-refractivity contribution >= 4 is 35.1 Å². The van der Waals surface area contributed by atoms with Crippen LogP contribution in [0.15, 0.2) is 28.5 Å². The van der Waals surface area contributed by atoms with Crippen LogP contribution in [0.3, 0.4) is 0 Å². The molecule has 0 bridgehead atoms. The molecule has 1 aromatic carbocycles. The Morgan fingerprint density at radius 1 is 1.25 bits per heavy atom. The van der Waals surface area contributed by atoms with Crippen molar-refractivity contribution in [3.05, 3.63) is 29.3 Å². The molecule has 0 saturated heterocycles. The van der Waals surface area contributed by atoms with E-state index in [4.69, 9.17) is 5.84 Å². The summed E-state index contributed by atoms with van der Waals surface area (Å²) >= 11 is 2.70. The number of hydrogen-bond acceptors (Lipinski definition) is 6. The van der Waals surface area contributed by atoms with Crippen molar-refractivity contribution in [3.63, 3.8) is 0 Å². The second-order valence-corrected chi connectivity index (χ2v) is 7.86. The van der Waals surface area contributed by atoms with E-state index in [2.05, 4.69) is 29.4 Å². The average Bonchev–Trinajstić information content (AvgIpc) is 2.89. The average molecular weight is 366 g/mol. The molecule has 0 spiro atoms. The molecule has 0 aliphatic rings. The first-order valence-electron chi connectivity index (χ1n) is 7.66. The molecule has 0 saturated carbocycles. The molecule has 1 atom stereocenters. The number of nitrogens with two attached hydrogens (primary N) is 1. The number of benzene rings is 1. The molecule has 0 aliphatic carbocycles. The molecule has 0 unspecified atom stereocenters. The lowest BCUT2D eigenvalue weighted by Gasteiger charge is -2.18. The Balaban J connectivity index is 2.13. The van der Waals surface area contributed by atoms with Crippen molar-refractivity contribution in [3.8, 4) is 0 Å². The second-order valence-electron chi connectivity index (χ2n) is 5.78. The molecule has 0 radical (unpaired) electrons. The lowest BCUT2D eigenvalue weighted by Crippen LogP contribution is -2.24. The Labute approximate surface area is 151 Å². The number of nitrogens with zero attached hydrogens (tertiary/aromatic N) is 3. The van der Waals surface area contributed by atoms with Crippen LogP contribution in [-0.4, -0.2) is 32.3 Å². The number of carbonyl (C=O) groups excluding carboxylic acids is 1. The summed E-state index contributed by atoms with van der Waals surface area (Å²) < 4.78 is 1.41. The van der Waals surface area contributed by atoms with E-state index in [9.17, 15) is 4.79 Å². The van der Waals surface area contributed by atoms with E-state index in [1.54, 1.807) is 0 Å². The summed E-state index contributed by atoms with van der Waals surface area (Å²) in [7, 11) is 0. The van der Waals surface area contributed by atoms with E-state index in [0.29, 0.717) is 16.2 Å². The first-order valence-corrected chi connectivity index (χ1v) is 9.77. The van der Waals surface area contributed by atoms with Crippen molar-refractivity contribution in [2.45, 2.75) is 49.2 Å². The number of hydrogen-bond donors (Lipinski definition) is 2. The molecule has 1 amide bonds. The number of aromatic nitrogens is 3. The predicted molar refractivity (Wildman–Crippen MR) is 101 cm³/mol. The van der Waals surface area contributed by atoms with Gasteiger partial charge in [-0.1, -0.05) is 55.6 Å². The maximum Gasteiger partial charge on any atom is 0.237 e. The molecule has 130 valence electrons. The lowest BCUT2D eigenvalue weighted by atomic mass is 9.98. The Kier molecular flexibility index (Phi) is 6.17. The fourth-order valence-corrected chi connectivity index (χ4v) is 3.50. The molecule has 8 heteroatoms. The summed E-state index contributed by atoms with van der Waals surface area (Å²) in [5, 5.41) is 11.9. The molecule has 1 aromatic heterocycles. The third kappa shape index (κ3) is 4.05. The van der Waals surface area contributed by atoms with Crippen molar-refractivity contribution < 1.29 is 4.79 Å². The van der Waals surface area contributed by atoms with E-state index in [1.165, 1.54) is 28.2 Å². The smallest absolute Gasteiger partial charge is 0.237 e. The molecule has 0 fully saturated rings. The first-order chi connectivity index (χ1) is 11.3. The zero-order chi connectivity index (χ0) is 17.9. The van der Waals surface area contributed by atoms with Crippen LogP contribution in [0.1, 0.15) is 37.8 Å². The Morgan fingerprint density at radius 3 is 2.50 bits per heavy atom. The van der Waals surface area contributed by atoms with Gasteiger partial charge in [-0.15, -0.1) is 10.2 Å². The molecule has 0 aliphatic heterocycles. The van der Waals surface area contributed by atoms with E-state index < -0.39 is 0 Å². The van der Waals surface area contributed by atoms with Gasteiger partial charge in [0.15, 0.2) is 0 Å². The third-order valence-electron chi connectivity index (χ3n) is 3.64. The topological polar surface area (TPSA) is 85.8 Å². The van der Waals surface area contributed by atoms with Crippen LogP contribution in [0.5, 0.6) is 0 Å². The number of rotatable bonds is 6. The highest BCUT2D eigenvalue weighted by Crippen LogP contribution is 2.29. The summed E-state index contributed by atoms with van der Waals surface area (Å²) in [6.07, 6.45) is 1.88. The Bertz CT molecular complexity index is 729.